The van der Waals surface area contributed by atoms with Crippen molar-refractivity contribution in [2.45, 2.75) is 18.9 Å². The van der Waals surface area contributed by atoms with Gasteiger partial charge in [0.25, 0.3) is 0 Å². The summed E-state index contributed by atoms with van der Waals surface area (Å²) < 4.78 is 11.0. The van der Waals surface area contributed by atoms with Crippen molar-refractivity contribution in [3.05, 3.63) is 24.0 Å². The number of thiocarbonyl (C=S) groups is 1. The van der Waals surface area contributed by atoms with Crippen LogP contribution in [0.2, 0.25) is 0 Å². The van der Waals surface area contributed by atoms with E-state index in [2.05, 4.69) is 4.98 Å². The molecule has 16 heavy (non-hydrogen) atoms. The van der Waals surface area contributed by atoms with E-state index in [-0.39, 0.29) is 6.10 Å². The van der Waals surface area contributed by atoms with Crippen molar-refractivity contribution in [1.29, 1.82) is 0 Å². The Morgan fingerprint density at radius 1 is 1.44 bits per heavy atom. The van der Waals surface area contributed by atoms with Crippen molar-refractivity contribution in [3.63, 3.8) is 0 Å². The number of hydrogen-bond acceptors (Lipinski definition) is 4. The van der Waals surface area contributed by atoms with Crippen molar-refractivity contribution < 1.29 is 9.47 Å². The minimum absolute atomic E-state index is 0.228. The summed E-state index contributed by atoms with van der Waals surface area (Å²) in [5, 5.41) is 0. The van der Waals surface area contributed by atoms with Crippen LogP contribution in [0.3, 0.4) is 0 Å². The highest BCUT2D eigenvalue weighted by Crippen LogP contribution is 2.17. The highest BCUT2D eigenvalue weighted by atomic mass is 32.1. The average molecular weight is 238 g/mol. The second-order valence-corrected chi connectivity index (χ2v) is 4.11. The van der Waals surface area contributed by atoms with Crippen LogP contribution in [0.5, 0.6) is 5.75 Å². The minimum atomic E-state index is 0.228. The summed E-state index contributed by atoms with van der Waals surface area (Å²) in [7, 11) is 0. The van der Waals surface area contributed by atoms with Gasteiger partial charge in [-0.25, -0.2) is 4.98 Å². The van der Waals surface area contributed by atoms with Crippen molar-refractivity contribution >= 4 is 17.2 Å². The molecule has 0 aromatic carbocycles. The molecule has 1 saturated heterocycles. The van der Waals surface area contributed by atoms with Gasteiger partial charge in [-0.3, -0.25) is 0 Å². The molecule has 0 amide bonds. The monoisotopic (exact) mass is 238 g/mol. The fourth-order valence-electron chi connectivity index (χ4n) is 1.58. The van der Waals surface area contributed by atoms with Gasteiger partial charge < -0.3 is 15.2 Å². The van der Waals surface area contributed by atoms with Gasteiger partial charge in [0, 0.05) is 12.8 Å². The van der Waals surface area contributed by atoms with Gasteiger partial charge in [0.05, 0.1) is 25.1 Å². The Hall–Kier alpha value is -1.20. The van der Waals surface area contributed by atoms with Gasteiger partial charge in [0.2, 0.25) is 0 Å². The number of nitrogens with zero attached hydrogens (tertiary/aromatic N) is 1. The second kappa shape index (κ2) is 5.23. The Labute approximate surface area is 99.8 Å². The van der Waals surface area contributed by atoms with Crippen molar-refractivity contribution in [2.75, 3.05) is 13.2 Å². The third-order valence-electron chi connectivity index (χ3n) is 2.46. The van der Waals surface area contributed by atoms with E-state index in [9.17, 15) is 0 Å². The topological polar surface area (TPSA) is 57.4 Å². The lowest BCUT2D eigenvalue weighted by molar-refractivity contribution is 0.0254. The van der Waals surface area contributed by atoms with E-state index in [1.54, 1.807) is 12.3 Å². The van der Waals surface area contributed by atoms with Crippen LogP contribution < -0.4 is 10.5 Å². The maximum atomic E-state index is 5.76. The first kappa shape index (κ1) is 11.3. The van der Waals surface area contributed by atoms with Crippen LogP contribution in [-0.4, -0.2) is 29.3 Å². The first-order chi connectivity index (χ1) is 7.75. The molecule has 2 heterocycles. The molecule has 0 unspecified atom stereocenters. The Kier molecular flexibility index (Phi) is 3.69. The number of pyridine rings is 1. The molecule has 2 rings (SSSR count). The van der Waals surface area contributed by atoms with E-state index >= 15 is 0 Å². The van der Waals surface area contributed by atoms with Gasteiger partial charge in [-0.05, 0) is 12.1 Å². The average Bonchev–Trinajstić information content (AvgIpc) is 2.31. The standard InChI is InChI=1S/C11H14N2O2S/c12-11(16)10-2-1-9(7-13-10)15-8-3-5-14-6-4-8/h1-2,7-8H,3-6H2,(H2,12,16). The Morgan fingerprint density at radius 2 is 2.19 bits per heavy atom. The maximum Gasteiger partial charge on any atom is 0.138 e. The fraction of sp³-hybridized carbons (Fsp3) is 0.455. The third-order valence-corrected chi connectivity index (χ3v) is 2.67. The fourth-order valence-corrected chi connectivity index (χ4v) is 1.70. The summed E-state index contributed by atoms with van der Waals surface area (Å²) in [5.74, 6) is 0.756. The molecule has 5 heteroatoms. The second-order valence-electron chi connectivity index (χ2n) is 3.67. The summed E-state index contributed by atoms with van der Waals surface area (Å²) in [6.07, 6.45) is 3.74. The van der Waals surface area contributed by atoms with Gasteiger partial charge >= 0.3 is 0 Å². The zero-order chi connectivity index (χ0) is 11.4. The number of nitrogens with two attached hydrogens (primary N) is 1. The normalized spacial score (nSPS) is 17.0. The molecule has 86 valence electrons. The molecule has 0 bridgehead atoms. The van der Waals surface area contributed by atoms with Gasteiger partial charge in [0.15, 0.2) is 0 Å². The van der Waals surface area contributed by atoms with Gasteiger partial charge in [-0.2, -0.15) is 0 Å². The molecule has 0 atom stereocenters. The number of hydrogen-bond donors (Lipinski definition) is 1. The highest BCUT2D eigenvalue weighted by molar-refractivity contribution is 7.80. The van der Waals surface area contributed by atoms with Gasteiger partial charge in [-0.15, -0.1) is 0 Å². The van der Waals surface area contributed by atoms with E-state index < -0.39 is 0 Å². The molecule has 0 spiro atoms. The Morgan fingerprint density at radius 3 is 2.75 bits per heavy atom. The lowest BCUT2D eigenvalue weighted by Gasteiger charge is -2.23. The summed E-state index contributed by atoms with van der Waals surface area (Å²) in [5.41, 5.74) is 6.08. The summed E-state index contributed by atoms with van der Waals surface area (Å²) in [4.78, 5) is 4.42. The number of ether oxygens (including phenoxy) is 2. The van der Waals surface area contributed by atoms with Crippen LogP contribution in [-0.2, 0) is 4.74 Å². The van der Waals surface area contributed by atoms with Crippen LogP contribution >= 0.6 is 12.2 Å². The van der Waals surface area contributed by atoms with Crippen LogP contribution in [0.1, 0.15) is 18.5 Å². The number of aromatic nitrogens is 1. The summed E-state index contributed by atoms with van der Waals surface area (Å²) in [6.45, 7) is 1.53. The maximum absolute atomic E-state index is 5.76. The smallest absolute Gasteiger partial charge is 0.138 e. The first-order valence-electron chi connectivity index (χ1n) is 5.26. The van der Waals surface area contributed by atoms with Crippen LogP contribution in [0.15, 0.2) is 18.3 Å². The molecular weight excluding hydrogens is 224 g/mol. The predicted molar refractivity (Wildman–Crippen MR) is 64.6 cm³/mol. The number of rotatable bonds is 3. The summed E-state index contributed by atoms with van der Waals surface area (Å²) >= 11 is 4.82. The molecule has 1 aliphatic heterocycles. The molecule has 1 aliphatic rings. The molecule has 0 saturated carbocycles. The molecule has 0 aliphatic carbocycles. The van der Waals surface area contributed by atoms with Gasteiger partial charge in [-0.1, -0.05) is 12.2 Å². The van der Waals surface area contributed by atoms with Gasteiger partial charge in [0.1, 0.15) is 16.8 Å². The van der Waals surface area contributed by atoms with Crippen LogP contribution in [0.25, 0.3) is 0 Å². The minimum Gasteiger partial charge on any atom is -0.489 e. The lowest BCUT2D eigenvalue weighted by Crippen LogP contribution is -2.26. The van der Waals surface area contributed by atoms with Crippen LogP contribution in [0.4, 0.5) is 0 Å². The lowest BCUT2D eigenvalue weighted by atomic mass is 10.1. The van der Waals surface area contributed by atoms with Crippen molar-refractivity contribution in [2.24, 2.45) is 5.73 Å². The molecule has 1 fully saturated rings. The zero-order valence-electron chi connectivity index (χ0n) is 8.89. The molecule has 2 N–H and O–H groups in total. The molecule has 1 aromatic heterocycles. The first-order valence-corrected chi connectivity index (χ1v) is 5.67. The zero-order valence-corrected chi connectivity index (χ0v) is 9.70. The Balaban J connectivity index is 1.96. The summed E-state index contributed by atoms with van der Waals surface area (Å²) in [6, 6.07) is 3.62. The van der Waals surface area contributed by atoms with E-state index in [4.69, 9.17) is 27.4 Å². The van der Waals surface area contributed by atoms with E-state index in [0.717, 1.165) is 31.8 Å². The SMILES string of the molecule is NC(=S)c1ccc(OC2CCOCC2)cn1. The van der Waals surface area contributed by atoms with E-state index in [1.807, 2.05) is 6.07 Å². The quantitative estimate of drug-likeness (QED) is 0.804. The van der Waals surface area contributed by atoms with Crippen LogP contribution in [0, 0.1) is 0 Å². The molecule has 1 aromatic rings. The van der Waals surface area contributed by atoms with E-state index in [0.29, 0.717) is 10.7 Å². The molecule has 0 radical (unpaired) electrons. The predicted octanol–water partition coefficient (Wildman–Crippen LogP) is 1.27. The van der Waals surface area contributed by atoms with Crippen molar-refractivity contribution in [1.82, 2.24) is 4.98 Å². The Bertz CT molecular complexity index is 361. The molecular formula is C11H14N2O2S. The highest BCUT2D eigenvalue weighted by Gasteiger charge is 2.15. The van der Waals surface area contributed by atoms with E-state index in [1.165, 1.54) is 0 Å². The van der Waals surface area contributed by atoms with Crippen molar-refractivity contribution in [3.8, 4) is 5.75 Å². The third kappa shape index (κ3) is 2.90. The molecule has 4 nitrogen and oxygen atoms in total. The largest absolute Gasteiger partial charge is 0.489 e.